The Morgan fingerprint density at radius 2 is 2.15 bits per heavy atom. The number of imidazole rings is 1. The third kappa shape index (κ3) is 2.23. The second-order valence-corrected chi connectivity index (χ2v) is 6.42. The highest BCUT2D eigenvalue weighted by Gasteiger charge is 2.33. The van der Waals surface area contributed by atoms with Crippen molar-refractivity contribution in [3.63, 3.8) is 0 Å². The number of anilines is 1. The zero-order valence-corrected chi connectivity index (χ0v) is 13.8. The zero-order valence-electron chi connectivity index (χ0n) is 12.3. The van der Waals surface area contributed by atoms with Gasteiger partial charge in [0.05, 0.1) is 5.69 Å². The highest BCUT2D eigenvalue weighted by atomic mass is 79.9. The summed E-state index contributed by atoms with van der Waals surface area (Å²) >= 11 is 3.62. The molecule has 0 amide bonds. The summed E-state index contributed by atoms with van der Waals surface area (Å²) in [5.74, 6) is 1.79. The highest BCUT2D eigenvalue weighted by Crippen LogP contribution is 2.30. The normalized spacial score (nSPS) is 23.1. The van der Waals surface area contributed by atoms with E-state index in [1.165, 1.54) is 5.69 Å². The Morgan fingerprint density at radius 3 is 2.80 bits per heavy atom. The third-order valence-electron chi connectivity index (χ3n) is 4.27. The van der Waals surface area contributed by atoms with Crippen LogP contribution in [0, 0.1) is 5.92 Å². The minimum atomic E-state index is 0.600. The Hall–Kier alpha value is -1.07. The van der Waals surface area contributed by atoms with E-state index in [-0.39, 0.29) is 0 Å². The van der Waals surface area contributed by atoms with E-state index in [0.29, 0.717) is 12.0 Å². The quantitative estimate of drug-likeness (QED) is 0.805. The van der Waals surface area contributed by atoms with Gasteiger partial charge in [0.25, 0.3) is 0 Å². The molecule has 0 saturated carbocycles. The molecule has 108 valence electrons. The molecule has 2 unspecified atom stereocenters. The number of pyridine rings is 1. The molecule has 1 aliphatic rings. The zero-order chi connectivity index (χ0) is 14.3. The maximum atomic E-state index is 4.83. The lowest BCUT2D eigenvalue weighted by molar-refractivity contribution is 0.266. The molecule has 1 saturated heterocycles. The van der Waals surface area contributed by atoms with Gasteiger partial charge in [-0.2, -0.15) is 0 Å². The van der Waals surface area contributed by atoms with Crippen LogP contribution < -0.4 is 4.90 Å². The van der Waals surface area contributed by atoms with Crippen LogP contribution in [0.5, 0.6) is 0 Å². The molecule has 0 aliphatic carbocycles. The van der Waals surface area contributed by atoms with Gasteiger partial charge in [0.15, 0.2) is 5.82 Å². The lowest BCUT2D eigenvalue weighted by Gasteiger charge is -2.22. The van der Waals surface area contributed by atoms with Crippen molar-refractivity contribution in [2.24, 2.45) is 5.92 Å². The summed E-state index contributed by atoms with van der Waals surface area (Å²) < 4.78 is 2.18. The van der Waals surface area contributed by atoms with Crippen LogP contribution in [0.25, 0.3) is 5.65 Å². The van der Waals surface area contributed by atoms with Gasteiger partial charge in [0.2, 0.25) is 0 Å². The summed E-state index contributed by atoms with van der Waals surface area (Å²) in [5, 5.41) is 0.824. The first-order valence-electron chi connectivity index (χ1n) is 7.05. The van der Waals surface area contributed by atoms with Crippen LogP contribution in [0.2, 0.25) is 0 Å². The molecule has 4 nitrogen and oxygen atoms in total. The van der Waals surface area contributed by atoms with Gasteiger partial charge in [0, 0.05) is 30.7 Å². The highest BCUT2D eigenvalue weighted by molar-refractivity contribution is 9.08. The van der Waals surface area contributed by atoms with Gasteiger partial charge in [-0.15, -0.1) is 0 Å². The van der Waals surface area contributed by atoms with E-state index >= 15 is 0 Å². The number of aromatic nitrogens is 2. The first-order chi connectivity index (χ1) is 9.61. The molecule has 0 N–H and O–H groups in total. The minimum absolute atomic E-state index is 0.600. The average Bonchev–Trinajstić information content (AvgIpc) is 2.98. The average molecular weight is 337 g/mol. The van der Waals surface area contributed by atoms with Crippen molar-refractivity contribution in [3.05, 3.63) is 30.1 Å². The van der Waals surface area contributed by atoms with E-state index in [1.54, 1.807) is 0 Å². The fraction of sp³-hybridized carbons (Fsp3) is 0.533. The van der Waals surface area contributed by atoms with Crippen molar-refractivity contribution in [2.45, 2.75) is 18.3 Å². The molecule has 0 bridgehead atoms. The van der Waals surface area contributed by atoms with Gasteiger partial charge in [-0.3, -0.25) is 0 Å². The summed E-state index contributed by atoms with van der Waals surface area (Å²) in [6.45, 7) is 4.46. The van der Waals surface area contributed by atoms with Crippen LogP contribution in [-0.4, -0.2) is 47.5 Å². The SMILES string of the molecule is CC1CN(c2nc3ccccn3c2CBr)CC1N(C)C. The number of nitrogens with zero attached hydrogens (tertiary/aromatic N) is 4. The minimum Gasteiger partial charge on any atom is -0.353 e. The Labute approximate surface area is 128 Å². The summed E-state index contributed by atoms with van der Waals surface area (Å²) in [7, 11) is 4.33. The molecule has 1 aliphatic heterocycles. The summed E-state index contributed by atoms with van der Waals surface area (Å²) in [4.78, 5) is 9.59. The van der Waals surface area contributed by atoms with Crippen LogP contribution in [0.4, 0.5) is 5.82 Å². The molecule has 2 aromatic rings. The van der Waals surface area contributed by atoms with Crippen LogP contribution in [-0.2, 0) is 5.33 Å². The standard InChI is InChI=1S/C15H21BrN4/c1-11-9-19(10-13(11)18(2)3)15-12(8-16)20-7-5-4-6-14(20)17-15/h4-7,11,13H,8-10H2,1-3H3. The maximum absolute atomic E-state index is 4.83. The molecular weight excluding hydrogens is 316 g/mol. The Bertz CT molecular complexity index is 607. The smallest absolute Gasteiger partial charge is 0.152 e. The second kappa shape index (κ2) is 5.37. The lowest BCUT2D eigenvalue weighted by Crippen LogP contribution is -2.34. The largest absolute Gasteiger partial charge is 0.353 e. The molecule has 2 atom stereocenters. The Kier molecular flexibility index (Phi) is 3.73. The molecule has 1 fully saturated rings. The molecular formula is C15H21BrN4. The molecule has 0 spiro atoms. The maximum Gasteiger partial charge on any atom is 0.152 e. The number of hydrogen-bond donors (Lipinski definition) is 0. The van der Waals surface area contributed by atoms with E-state index in [1.807, 2.05) is 6.07 Å². The molecule has 5 heteroatoms. The van der Waals surface area contributed by atoms with E-state index < -0.39 is 0 Å². The first kappa shape index (κ1) is 13.9. The molecule has 3 rings (SSSR count). The molecule has 20 heavy (non-hydrogen) atoms. The van der Waals surface area contributed by atoms with Crippen molar-refractivity contribution in [1.29, 1.82) is 0 Å². The van der Waals surface area contributed by atoms with Crippen LogP contribution >= 0.6 is 15.9 Å². The number of fused-ring (bicyclic) bond motifs is 1. The lowest BCUT2D eigenvalue weighted by atomic mass is 10.1. The molecule has 0 radical (unpaired) electrons. The van der Waals surface area contributed by atoms with Crippen LogP contribution in [0.1, 0.15) is 12.6 Å². The molecule has 3 heterocycles. The van der Waals surface area contributed by atoms with Crippen molar-refractivity contribution in [2.75, 3.05) is 32.1 Å². The Morgan fingerprint density at radius 1 is 1.35 bits per heavy atom. The van der Waals surface area contributed by atoms with Crippen LogP contribution in [0.15, 0.2) is 24.4 Å². The first-order valence-corrected chi connectivity index (χ1v) is 8.17. The number of rotatable bonds is 3. The van der Waals surface area contributed by atoms with Crippen LogP contribution in [0.3, 0.4) is 0 Å². The third-order valence-corrected chi connectivity index (χ3v) is 4.80. The van der Waals surface area contributed by atoms with Gasteiger partial charge < -0.3 is 14.2 Å². The van der Waals surface area contributed by atoms with Crippen molar-refractivity contribution in [3.8, 4) is 0 Å². The molecule has 0 aromatic carbocycles. The topological polar surface area (TPSA) is 23.8 Å². The van der Waals surface area contributed by atoms with Crippen molar-refractivity contribution < 1.29 is 0 Å². The van der Waals surface area contributed by atoms with E-state index in [2.05, 4.69) is 69.5 Å². The fourth-order valence-corrected chi connectivity index (χ4v) is 3.73. The summed E-state index contributed by atoms with van der Waals surface area (Å²) in [6.07, 6.45) is 2.09. The predicted molar refractivity (Wildman–Crippen MR) is 86.7 cm³/mol. The number of halogens is 1. The summed E-state index contributed by atoms with van der Waals surface area (Å²) in [5.41, 5.74) is 2.27. The van der Waals surface area contributed by atoms with Gasteiger partial charge in [-0.05, 0) is 32.1 Å². The number of likely N-dealkylation sites (N-methyl/N-ethyl adjacent to an activating group) is 1. The van der Waals surface area contributed by atoms with E-state index in [9.17, 15) is 0 Å². The van der Waals surface area contributed by atoms with Gasteiger partial charge in [-0.1, -0.05) is 28.9 Å². The van der Waals surface area contributed by atoms with Gasteiger partial charge >= 0.3 is 0 Å². The fourth-order valence-electron chi connectivity index (χ4n) is 3.21. The van der Waals surface area contributed by atoms with Crippen molar-refractivity contribution in [1.82, 2.24) is 14.3 Å². The second-order valence-electron chi connectivity index (χ2n) is 5.86. The number of alkyl halides is 1. The predicted octanol–water partition coefficient (Wildman–Crippen LogP) is 2.62. The van der Waals surface area contributed by atoms with E-state index in [0.717, 1.165) is 29.9 Å². The number of hydrogen-bond acceptors (Lipinski definition) is 3. The van der Waals surface area contributed by atoms with Gasteiger partial charge in [0.1, 0.15) is 5.65 Å². The summed E-state index contributed by atoms with van der Waals surface area (Å²) in [6, 6.07) is 6.76. The van der Waals surface area contributed by atoms with Crippen molar-refractivity contribution >= 4 is 27.4 Å². The molecule has 2 aromatic heterocycles. The Balaban J connectivity index is 1.99. The van der Waals surface area contributed by atoms with E-state index in [4.69, 9.17) is 4.98 Å². The monoisotopic (exact) mass is 336 g/mol. The van der Waals surface area contributed by atoms with Gasteiger partial charge in [-0.25, -0.2) is 4.98 Å².